The van der Waals surface area contributed by atoms with Crippen LogP contribution in [-0.2, 0) is 9.78 Å². The van der Waals surface area contributed by atoms with E-state index in [9.17, 15) is 4.79 Å². The molecular weight excluding hydrogens is 360 g/mol. The molecule has 1 aliphatic carbocycles. The number of methoxy groups -OCH3 is 3. The third kappa shape index (κ3) is 6.89. The first-order chi connectivity index (χ1) is 13.7. The lowest BCUT2D eigenvalue weighted by Crippen LogP contribution is -2.17. The smallest absolute Gasteiger partial charge is 0.373 e. The molecule has 0 amide bonds. The molecule has 0 unspecified atom stereocenters. The molecule has 2 rings (SSSR count). The first-order valence-corrected chi connectivity index (χ1v) is 10.4. The summed E-state index contributed by atoms with van der Waals surface area (Å²) in [6.45, 7) is 0. The van der Waals surface area contributed by atoms with Gasteiger partial charge in [-0.2, -0.15) is 4.89 Å². The SMILES string of the molecule is COc1cc(C(=O)OOC2CCCCCCCCCCC2)cc(OC)c1OC. The van der Waals surface area contributed by atoms with Crippen LogP contribution in [0.4, 0.5) is 0 Å². The van der Waals surface area contributed by atoms with Crippen LogP contribution in [0, 0.1) is 0 Å². The van der Waals surface area contributed by atoms with E-state index >= 15 is 0 Å². The fourth-order valence-electron chi connectivity index (χ4n) is 3.58. The van der Waals surface area contributed by atoms with Crippen LogP contribution in [0.1, 0.15) is 81.0 Å². The monoisotopic (exact) mass is 394 g/mol. The van der Waals surface area contributed by atoms with Gasteiger partial charge < -0.3 is 14.2 Å². The van der Waals surface area contributed by atoms with Crippen molar-refractivity contribution in [2.24, 2.45) is 0 Å². The van der Waals surface area contributed by atoms with E-state index in [1.54, 1.807) is 12.1 Å². The van der Waals surface area contributed by atoms with Crippen LogP contribution >= 0.6 is 0 Å². The molecule has 0 heterocycles. The number of hydrogen-bond donors (Lipinski definition) is 0. The Hall–Kier alpha value is -1.95. The third-order valence-electron chi connectivity index (χ3n) is 5.21. The van der Waals surface area contributed by atoms with Gasteiger partial charge in [0.1, 0.15) is 6.10 Å². The Morgan fingerprint density at radius 1 is 0.750 bits per heavy atom. The quantitative estimate of drug-likeness (QED) is 0.471. The molecule has 28 heavy (non-hydrogen) atoms. The summed E-state index contributed by atoms with van der Waals surface area (Å²) < 4.78 is 15.9. The van der Waals surface area contributed by atoms with Crippen LogP contribution in [0.3, 0.4) is 0 Å². The van der Waals surface area contributed by atoms with E-state index < -0.39 is 5.97 Å². The highest BCUT2D eigenvalue weighted by Gasteiger charge is 2.20. The molecule has 0 saturated heterocycles. The molecule has 0 atom stereocenters. The molecule has 0 spiro atoms. The zero-order valence-electron chi connectivity index (χ0n) is 17.5. The number of hydrogen-bond acceptors (Lipinski definition) is 6. The Bertz CT molecular complexity index is 564. The van der Waals surface area contributed by atoms with E-state index in [1.807, 2.05) is 0 Å². The molecule has 158 valence electrons. The highest BCUT2D eigenvalue weighted by molar-refractivity contribution is 5.90. The van der Waals surface area contributed by atoms with Crippen LogP contribution in [0.2, 0.25) is 0 Å². The van der Waals surface area contributed by atoms with Crippen molar-refractivity contribution in [3.8, 4) is 17.2 Å². The second-order valence-electron chi connectivity index (χ2n) is 7.26. The van der Waals surface area contributed by atoms with Crippen molar-refractivity contribution in [1.82, 2.24) is 0 Å². The lowest BCUT2D eigenvalue weighted by molar-refractivity contribution is -0.277. The number of carbonyl (C=O) groups excluding carboxylic acids is 1. The molecule has 0 N–H and O–H groups in total. The van der Waals surface area contributed by atoms with Crippen LogP contribution in [0.15, 0.2) is 12.1 Å². The molecular formula is C22H34O6. The molecule has 1 fully saturated rings. The van der Waals surface area contributed by atoms with E-state index in [2.05, 4.69) is 0 Å². The molecule has 0 aliphatic heterocycles. The van der Waals surface area contributed by atoms with Crippen molar-refractivity contribution in [1.29, 1.82) is 0 Å². The third-order valence-corrected chi connectivity index (χ3v) is 5.21. The van der Waals surface area contributed by atoms with Crippen molar-refractivity contribution >= 4 is 5.97 Å². The summed E-state index contributed by atoms with van der Waals surface area (Å²) in [5, 5.41) is 0. The van der Waals surface area contributed by atoms with Gasteiger partial charge in [0.2, 0.25) is 5.75 Å². The predicted octanol–water partition coefficient (Wildman–Crippen LogP) is 5.47. The van der Waals surface area contributed by atoms with E-state index in [0.29, 0.717) is 22.8 Å². The number of carbonyl (C=O) groups is 1. The highest BCUT2D eigenvalue weighted by atomic mass is 17.2. The van der Waals surface area contributed by atoms with Crippen molar-refractivity contribution < 1.29 is 28.8 Å². The van der Waals surface area contributed by atoms with Gasteiger partial charge in [-0.05, 0) is 25.0 Å². The summed E-state index contributed by atoms with van der Waals surface area (Å²) in [7, 11) is 4.53. The van der Waals surface area contributed by atoms with Crippen LogP contribution < -0.4 is 14.2 Å². The molecule has 1 saturated carbocycles. The molecule has 1 aliphatic rings. The Kier molecular flexibility index (Phi) is 9.97. The average Bonchev–Trinajstić information content (AvgIpc) is 2.71. The summed E-state index contributed by atoms with van der Waals surface area (Å²) in [5.74, 6) is 0.673. The first kappa shape index (κ1) is 22.3. The maximum atomic E-state index is 12.5. The Balaban J connectivity index is 1.96. The topological polar surface area (TPSA) is 63.2 Å². The van der Waals surface area contributed by atoms with Gasteiger partial charge in [0.25, 0.3) is 0 Å². The van der Waals surface area contributed by atoms with Gasteiger partial charge in [0.05, 0.1) is 26.9 Å². The van der Waals surface area contributed by atoms with Gasteiger partial charge in [-0.15, -0.1) is 0 Å². The maximum Gasteiger partial charge on any atom is 0.373 e. The van der Waals surface area contributed by atoms with Crippen LogP contribution in [-0.4, -0.2) is 33.4 Å². The second-order valence-corrected chi connectivity index (χ2v) is 7.26. The predicted molar refractivity (Wildman–Crippen MR) is 107 cm³/mol. The minimum Gasteiger partial charge on any atom is -0.493 e. The van der Waals surface area contributed by atoms with Crippen LogP contribution in [0.5, 0.6) is 17.2 Å². The van der Waals surface area contributed by atoms with Gasteiger partial charge >= 0.3 is 5.97 Å². The lowest BCUT2D eigenvalue weighted by atomic mass is 9.99. The molecule has 6 heteroatoms. The van der Waals surface area contributed by atoms with Crippen molar-refractivity contribution in [3.05, 3.63) is 17.7 Å². The Morgan fingerprint density at radius 2 is 1.21 bits per heavy atom. The largest absolute Gasteiger partial charge is 0.493 e. The van der Waals surface area contributed by atoms with Crippen molar-refractivity contribution in [2.75, 3.05) is 21.3 Å². The lowest BCUT2D eigenvalue weighted by Gasteiger charge is -2.17. The zero-order valence-corrected chi connectivity index (χ0v) is 17.5. The number of rotatable bonds is 6. The highest BCUT2D eigenvalue weighted by Crippen LogP contribution is 2.38. The van der Waals surface area contributed by atoms with E-state index in [1.165, 1.54) is 66.3 Å². The second kappa shape index (κ2) is 12.5. The van der Waals surface area contributed by atoms with E-state index in [4.69, 9.17) is 24.0 Å². The molecule has 0 bridgehead atoms. The molecule has 1 aromatic rings. The first-order valence-electron chi connectivity index (χ1n) is 10.4. The van der Waals surface area contributed by atoms with Crippen molar-refractivity contribution in [2.45, 2.75) is 76.7 Å². The summed E-state index contributed by atoms with van der Waals surface area (Å²) in [4.78, 5) is 23.2. The molecule has 0 radical (unpaired) electrons. The minimum atomic E-state index is -0.564. The van der Waals surface area contributed by atoms with Gasteiger partial charge in [-0.1, -0.05) is 57.8 Å². The molecule has 0 aromatic heterocycles. The Morgan fingerprint density at radius 3 is 1.64 bits per heavy atom. The fraction of sp³-hybridized carbons (Fsp3) is 0.682. The number of benzene rings is 1. The minimum absolute atomic E-state index is 0.0505. The van der Waals surface area contributed by atoms with Crippen molar-refractivity contribution in [3.63, 3.8) is 0 Å². The van der Waals surface area contributed by atoms with E-state index in [0.717, 1.165) is 25.7 Å². The summed E-state index contributed by atoms with van der Waals surface area (Å²) >= 11 is 0. The maximum absolute atomic E-state index is 12.5. The van der Waals surface area contributed by atoms with Gasteiger partial charge in [0, 0.05) is 0 Å². The average molecular weight is 395 g/mol. The summed E-state index contributed by atoms with van der Waals surface area (Å²) in [6, 6.07) is 3.13. The van der Waals surface area contributed by atoms with Gasteiger partial charge in [-0.25, -0.2) is 4.79 Å². The number of ether oxygens (including phenoxy) is 3. The van der Waals surface area contributed by atoms with E-state index in [-0.39, 0.29) is 6.10 Å². The van der Waals surface area contributed by atoms with Gasteiger partial charge in [0.15, 0.2) is 11.5 Å². The van der Waals surface area contributed by atoms with Crippen LogP contribution in [0.25, 0.3) is 0 Å². The zero-order chi connectivity index (χ0) is 20.2. The summed E-state index contributed by atoms with van der Waals surface area (Å²) in [5.41, 5.74) is 0.294. The Labute approximate surface area is 168 Å². The molecule has 1 aromatic carbocycles. The summed E-state index contributed by atoms with van der Waals surface area (Å²) in [6.07, 6.45) is 13.0. The van der Waals surface area contributed by atoms with Gasteiger partial charge in [-0.3, -0.25) is 4.89 Å². The normalized spacial score (nSPS) is 17.1. The standard InChI is InChI=1S/C22H34O6/c1-24-19-15-17(16-20(25-2)21(19)26-3)22(23)28-27-18-13-11-9-7-5-4-6-8-10-12-14-18/h15-16,18H,4-14H2,1-3H3. The fourth-order valence-corrected chi connectivity index (χ4v) is 3.58. The molecule has 6 nitrogen and oxygen atoms in total.